The number of benzene rings is 2. The van der Waals surface area contributed by atoms with Crippen molar-refractivity contribution in [3.05, 3.63) is 76.0 Å². The number of non-ortho nitro benzene ring substituents is 1. The van der Waals surface area contributed by atoms with E-state index in [0.29, 0.717) is 11.4 Å². The Labute approximate surface area is 138 Å². The Kier molecular flexibility index (Phi) is 5.26. The van der Waals surface area contributed by atoms with Crippen LogP contribution in [0.5, 0.6) is 0 Å². The Bertz CT molecular complexity index is 853. The number of nitriles is 1. The molecule has 0 atom stereocenters. The molecule has 24 heavy (non-hydrogen) atoms. The minimum Gasteiger partial charge on any atom is -0.360 e. The molecule has 120 valence electrons. The Morgan fingerprint density at radius 2 is 1.92 bits per heavy atom. The first-order chi connectivity index (χ1) is 11.5. The van der Waals surface area contributed by atoms with Crippen LogP contribution < -0.4 is 10.6 Å². The molecule has 0 fully saturated rings. The van der Waals surface area contributed by atoms with E-state index in [4.69, 9.17) is 5.26 Å². The molecule has 0 aliphatic carbocycles. The number of nitro benzene ring substituents is 1. The van der Waals surface area contributed by atoms with Crippen LogP contribution in [0.25, 0.3) is 0 Å². The summed E-state index contributed by atoms with van der Waals surface area (Å²) in [5, 5.41) is 25.2. The summed E-state index contributed by atoms with van der Waals surface area (Å²) in [5.74, 6) is -0.568. The molecule has 0 heterocycles. The second kappa shape index (κ2) is 7.56. The number of rotatable bonds is 5. The maximum atomic E-state index is 12.1. The fraction of sp³-hybridized carbons (Fsp3) is 0.0588. The van der Waals surface area contributed by atoms with Crippen LogP contribution in [0.1, 0.15) is 5.56 Å². The van der Waals surface area contributed by atoms with Gasteiger partial charge in [0.2, 0.25) is 0 Å². The highest BCUT2D eigenvalue weighted by Gasteiger charge is 2.10. The fourth-order valence-electron chi connectivity index (χ4n) is 1.93. The van der Waals surface area contributed by atoms with Crippen molar-refractivity contribution in [3.63, 3.8) is 0 Å². The normalized spacial score (nSPS) is 10.6. The van der Waals surface area contributed by atoms with Crippen molar-refractivity contribution < 1.29 is 9.72 Å². The molecule has 0 saturated carbocycles. The van der Waals surface area contributed by atoms with Crippen LogP contribution in [-0.2, 0) is 4.79 Å². The summed E-state index contributed by atoms with van der Waals surface area (Å²) in [7, 11) is 0. The molecule has 7 heteroatoms. The van der Waals surface area contributed by atoms with E-state index in [9.17, 15) is 14.9 Å². The second-order valence-corrected chi connectivity index (χ2v) is 4.95. The van der Waals surface area contributed by atoms with Crippen molar-refractivity contribution in [2.75, 3.05) is 10.6 Å². The number of nitrogens with zero attached hydrogens (tertiary/aromatic N) is 2. The molecule has 0 bridgehead atoms. The van der Waals surface area contributed by atoms with Crippen LogP contribution in [-0.4, -0.2) is 10.8 Å². The van der Waals surface area contributed by atoms with E-state index in [-0.39, 0.29) is 11.3 Å². The first kappa shape index (κ1) is 16.7. The largest absolute Gasteiger partial charge is 0.360 e. The third-order valence-corrected chi connectivity index (χ3v) is 3.08. The summed E-state index contributed by atoms with van der Waals surface area (Å²) in [6, 6.07) is 14.7. The van der Waals surface area contributed by atoms with E-state index < -0.39 is 10.8 Å². The van der Waals surface area contributed by atoms with Gasteiger partial charge in [-0.2, -0.15) is 5.26 Å². The molecule has 0 radical (unpaired) electrons. The van der Waals surface area contributed by atoms with Gasteiger partial charge in [0, 0.05) is 29.7 Å². The van der Waals surface area contributed by atoms with Crippen LogP contribution in [0.4, 0.5) is 17.1 Å². The van der Waals surface area contributed by atoms with Gasteiger partial charge in [-0.25, -0.2) is 0 Å². The van der Waals surface area contributed by atoms with E-state index in [1.165, 1.54) is 24.4 Å². The Balaban J connectivity index is 2.11. The number of carbonyl (C=O) groups is 1. The molecule has 2 aromatic carbocycles. The van der Waals surface area contributed by atoms with Gasteiger partial charge in [-0.1, -0.05) is 18.2 Å². The molecule has 0 saturated heterocycles. The van der Waals surface area contributed by atoms with Crippen LogP contribution in [0.3, 0.4) is 0 Å². The number of nitrogens with one attached hydrogen (secondary N) is 2. The zero-order valence-electron chi connectivity index (χ0n) is 12.8. The molecular formula is C17H14N4O3. The molecule has 2 rings (SSSR count). The van der Waals surface area contributed by atoms with Gasteiger partial charge in [-0.15, -0.1) is 0 Å². The number of amides is 1. The van der Waals surface area contributed by atoms with E-state index in [2.05, 4.69) is 10.6 Å². The topological polar surface area (TPSA) is 108 Å². The summed E-state index contributed by atoms with van der Waals surface area (Å²) < 4.78 is 0. The maximum absolute atomic E-state index is 12.1. The minimum atomic E-state index is -0.568. The van der Waals surface area contributed by atoms with Gasteiger partial charge < -0.3 is 10.6 Å². The lowest BCUT2D eigenvalue weighted by Gasteiger charge is -2.06. The second-order valence-electron chi connectivity index (χ2n) is 4.95. The Morgan fingerprint density at radius 3 is 2.58 bits per heavy atom. The Hall–Kier alpha value is -3.66. The van der Waals surface area contributed by atoms with Crippen molar-refractivity contribution in [2.45, 2.75) is 6.92 Å². The molecule has 2 N–H and O–H groups in total. The molecule has 0 aromatic heterocycles. The highest BCUT2D eigenvalue weighted by molar-refractivity contribution is 6.06. The number of carbonyl (C=O) groups excluding carboxylic acids is 1. The lowest BCUT2D eigenvalue weighted by atomic mass is 10.2. The first-order valence-electron chi connectivity index (χ1n) is 6.99. The molecule has 7 nitrogen and oxygen atoms in total. The van der Waals surface area contributed by atoms with Gasteiger partial charge in [0.25, 0.3) is 11.6 Å². The van der Waals surface area contributed by atoms with E-state index in [1.54, 1.807) is 30.3 Å². The minimum absolute atomic E-state index is 0.0869. The summed E-state index contributed by atoms with van der Waals surface area (Å²) in [4.78, 5) is 22.3. The van der Waals surface area contributed by atoms with E-state index in [0.717, 1.165) is 5.56 Å². The summed E-state index contributed by atoms with van der Waals surface area (Å²) in [6.45, 7) is 1.89. The molecular weight excluding hydrogens is 308 g/mol. The van der Waals surface area contributed by atoms with Gasteiger partial charge in [0.05, 0.1) is 4.92 Å². The SMILES string of the molecule is Cc1cccc(NC(=O)/C(C#N)=C\Nc2cccc([N+](=O)[O-])c2)c1. The van der Waals surface area contributed by atoms with Crippen molar-refractivity contribution in [2.24, 2.45) is 0 Å². The fourth-order valence-corrected chi connectivity index (χ4v) is 1.93. The van der Waals surface area contributed by atoms with Gasteiger partial charge in [0.1, 0.15) is 11.6 Å². The van der Waals surface area contributed by atoms with Gasteiger partial charge in [-0.3, -0.25) is 14.9 Å². The lowest BCUT2D eigenvalue weighted by Crippen LogP contribution is -2.14. The molecule has 0 aliphatic rings. The van der Waals surface area contributed by atoms with Crippen molar-refractivity contribution in [1.82, 2.24) is 0 Å². The molecule has 0 unspecified atom stereocenters. The van der Waals surface area contributed by atoms with Crippen LogP contribution in [0.2, 0.25) is 0 Å². The zero-order valence-corrected chi connectivity index (χ0v) is 12.8. The quantitative estimate of drug-likeness (QED) is 0.380. The predicted octanol–water partition coefficient (Wildman–Crippen LogP) is 3.36. The number of hydrogen-bond acceptors (Lipinski definition) is 5. The average Bonchev–Trinajstić information content (AvgIpc) is 2.55. The van der Waals surface area contributed by atoms with Crippen molar-refractivity contribution >= 4 is 23.0 Å². The number of aryl methyl sites for hydroxylation is 1. The lowest BCUT2D eigenvalue weighted by molar-refractivity contribution is -0.384. The molecule has 2 aromatic rings. The predicted molar refractivity (Wildman–Crippen MR) is 90.2 cm³/mol. The number of anilines is 2. The standard InChI is InChI=1S/C17H14N4O3/c1-12-4-2-6-15(8-12)20-17(22)13(10-18)11-19-14-5-3-7-16(9-14)21(23)24/h2-9,11,19H,1H3,(H,20,22)/b13-11-. The van der Waals surface area contributed by atoms with E-state index >= 15 is 0 Å². The van der Waals surface area contributed by atoms with Crippen molar-refractivity contribution in [3.8, 4) is 6.07 Å². The highest BCUT2D eigenvalue weighted by Crippen LogP contribution is 2.17. The van der Waals surface area contributed by atoms with Gasteiger partial charge >= 0.3 is 0 Å². The van der Waals surface area contributed by atoms with Crippen molar-refractivity contribution in [1.29, 1.82) is 5.26 Å². The zero-order chi connectivity index (χ0) is 17.5. The number of nitro groups is 1. The molecule has 1 amide bonds. The van der Waals surface area contributed by atoms with Crippen LogP contribution >= 0.6 is 0 Å². The van der Waals surface area contributed by atoms with Crippen LogP contribution in [0, 0.1) is 28.4 Å². The molecule has 0 spiro atoms. The number of hydrogen-bond donors (Lipinski definition) is 2. The third kappa shape index (κ3) is 4.42. The maximum Gasteiger partial charge on any atom is 0.271 e. The summed E-state index contributed by atoms with van der Waals surface area (Å²) in [6.07, 6.45) is 1.21. The summed E-state index contributed by atoms with van der Waals surface area (Å²) in [5.41, 5.74) is 1.72. The smallest absolute Gasteiger partial charge is 0.271 e. The third-order valence-electron chi connectivity index (χ3n) is 3.08. The average molecular weight is 322 g/mol. The van der Waals surface area contributed by atoms with Gasteiger partial charge in [-0.05, 0) is 30.7 Å². The Morgan fingerprint density at radius 1 is 1.21 bits per heavy atom. The highest BCUT2D eigenvalue weighted by atomic mass is 16.6. The van der Waals surface area contributed by atoms with E-state index in [1.807, 2.05) is 13.0 Å². The summed E-state index contributed by atoms with van der Waals surface area (Å²) >= 11 is 0. The first-order valence-corrected chi connectivity index (χ1v) is 6.99. The monoisotopic (exact) mass is 322 g/mol. The van der Waals surface area contributed by atoms with Crippen LogP contribution in [0.15, 0.2) is 60.3 Å². The van der Waals surface area contributed by atoms with Gasteiger partial charge in [0.15, 0.2) is 0 Å². The molecule has 0 aliphatic heterocycles.